The molecule has 0 radical (unpaired) electrons. The van der Waals surface area contributed by atoms with Gasteiger partial charge in [-0.05, 0) is 19.8 Å². The normalized spacial score (nSPS) is 51.8. The van der Waals surface area contributed by atoms with Crippen LogP contribution in [0.4, 0.5) is 0 Å². The zero-order valence-corrected chi connectivity index (χ0v) is 8.82. The zero-order valence-electron chi connectivity index (χ0n) is 8.82. The summed E-state index contributed by atoms with van der Waals surface area (Å²) >= 11 is 0. The molecule has 0 bridgehead atoms. The molecule has 4 N–H and O–H groups in total. The molecule has 0 aromatic heterocycles. The predicted molar refractivity (Wildman–Crippen MR) is 53.2 cm³/mol. The van der Waals surface area contributed by atoms with Crippen molar-refractivity contribution in [1.82, 2.24) is 4.90 Å². The molecule has 6 atom stereocenters. The number of rotatable bonds is 1. The molecule has 15 heavy (non-hydrogen) atoms. The van der Waals surface area contributed by atoms with E-state index < -0.39 is 24.4 Å². The first-order chi connectivity index (χ1) is 7.06. The molecule has 88 valence electrons. The second-order valence-electron chi connectivity index (χ2n) is 4.72. The summed E-state index contributed by atoms with van der Waals surface area (Å²) in [6.07, 6.45) is -1.08. The van der Waals surface area contributed by atoms with Gasteiger partial charge in [0, 0.05) is 12.1 Å². The monoisotopic (exact) mass is 217 g/mol. The van der Waals surface area contributed by atoms with E-state index in [4.69, 9.17) is 0 Å². The summed E-state index contributed by atoms with van der Waals surface area (Å²) in [6.45, 7) is 1.79. The van der Waals surface area contributed by atoms with Crippen molar-refractivity contribution in [2.24, 2.45) is 0 Å². The van der Waals surface area contributed by atoms with Crippen LogP contribution in [0.15, 0.2) is 0 Å². The summed E-state index contributed by atoms with van der Waals surface area (Å²) < 4.78 is 0. The van der Waals surface area contributed by atoms with Gasteiger partial charge in [0.05, 0.1) is 31.0 Å². The highest BCUT2D eigenvalue weighted by Gasteiger charge is 2.51. The van der Waals surface area contributed by atoms with Gasteiger partial charge < -0.3 is 20.4 Å². The van der Waals surface area contributed by atoms with E-state index in [0.29, 0.717) is 12.8 Å². The van der Waals surface area contributed by atoms with E-state index in [2.05, 4.69) is 0 Å². The molecule has 0 aliphatic carbocycles. The van der Waals surface area contributed by atoms with E-state index >= 15 is 0 Å². The Kier molecular flexibility index (Phi) is 3.00. The molecule has 0 amide bonds. The lowest BCUT2D eigenvalue weighted by atomic mass is 9.93. The number of nitrogens with zero attached hydrogens (tertiary/aromatic N) is 1. The molecular formula is C10H19NO4. The standard InChI is InChI=1S/C10H19NO4/c1-5-2-6(13)3-7-9(14)10(15)8(4-12)11(5)7/h5-10,12-15H,2-4H2,1H3/t5-,6+,7-,8-,9-,10-/m1/s1. The lowest BCUT2D eigenvalue weighted by molar-refractivity contribution is -0.0226. The van der Waals surface area contributed by atoms with E-state index in [1.54, 1.807) is 0 Å². The van der Waals surface area contributed by atoms with Crippen LogP contribution in [0, 0.1) is 0 Å². The lowest BCUT2D eigenvalue weighted by Crippen LogP contribution is -2.52. The Morgan fingerprint density at radius 3 is 2.40 bits per heavy atom. The summed E-state index contributed by atoms with van der Waals surface area (Å²) in [6, 6.07) is -0.536. The second-order valence-corrected chi connectivity index (χ2v) is 4.72. The van der Waals surface area contributed by atoms with Crippen LogP contribution in [0.2, 0.25) is 0 Å². The highest BCUT2D eigenvalue weighted by molar-refractivity contribution is 5.05. The fourth-order valence-electron chi connectivity index (χ4n) is 3.06. The Morgan fingerprint density at radius 1 is 1.13 bits per heavy atom. The van der Waals surface area contributed by atoms with Gasteiger partial charge in [-0.2, -0.15) is 0 Å². The second kappa shape index (κ2) is 3.99. The van der Waals surface area contributed by atoms with Gasteiger partial charge >= 0.3 is 0 Å². The lowest BCUT2D eigenvalue weighted by Gasteiger charge is -2.41. The molecule has 2 rings (SSSR count). The molecule has 5 nitrogen and oxygen atoms in total. The maximum absolute atomic E-state index is 9.82. The molecular weight excluding hydrogens is 198 g/mol. The number of hydrogen-bond acceptors (Lipinski definition) is 5. The van der Waals surface area contributed by atoms with Gasteiger partial charge in [-0.25, -0.2) is 0 Å². The van der Waals surface area contributed by atoms with Gasteiger partial charge in [0.1, 0.15) is 0 Å². The summed E-state index contributed by atoms with van der Waals surface area (Å²) in [4.78, 5) is 1.95. The van der Waals surface area contributed by atoms with Gasteiger partial charge in [0.25, 0.3) is 0 Å². The van der Waals surface area contributed by atoms with Crippen molar-refractivity contribution in [3.05, 3.63) is 0 Å². The molecule has 0 aromatic rings. The van der Waals surface area contributed by atoms with Crippen molar-refractivity contribution in [3.8, 4) is 0 Å². The first-order valence-corrected chi connectivity index (χ1v) is 5.48. The van der Waals surface area contributed by atoms with Crippen LogP contribution < -0.4 is 0 Å². The Morgan fingerprint density at radius 2 is 1.80 bits per heavy atom. The summed E-state index contributed by atoms with van der Waals surface area (Å²) in [5, 5.41) is 38.4. The molecule has 5 heteroatoms. The first kappa shape index (κ1) is 11.3. The number of aliphatic hydroxyl groups excluding tert-OH is 4. The number of aliphatic hydroxyl groups is 4. The maximum Gasteiger partial charge on any atom is 0.0991 e. The van der Waals surface area contributed by atoms with Crippen molar-refractivity contribution in [2.45, 2.75) is 56.2 Å². The average Bonchev–Trinajstić information content (AvgIpc) is 2.42. The molecule has 0 unspecified atom stereocenters. The summed E-state index contributed by atoms with van der Waals surface area (Å²) in [5.41, 5.74) is 0. The number of fused-ring (bicyclic) bond motifs is 1. The highest BCUT2D eigenvalue weighted by atomic mass is 16.3. The third-order valence-electron chi connectivity index (χ3n) is 3.73. The van der Waals surface area contributed by atoms with Gasteiger partial charge in [-0.3, -0.25) is 4.90 Å². The van der Waals surface area contributed by atoms with Crippen LogP contribution in [0.3, 0.4) is 0 Å². The number of piperidine rings is 1. The molecule has 2 saturated heterocycles. The Labute approximate surface area is 88.9 Å². The third kappa shape index (κ3) is 1.68. The minimum absolute atomic E-state index is 0.0858. The SMILES string of the molecule is C[C@@H]1C[C@H](O)C[C@@H]2[C@@H](O)[C@H](O)[C@@H](CO)N12. The summed E-state index contributed by atoms with van der Waals surface area (Å²) in [7, 11) is 0. The summed E-state index contributed by atoms with van der Waals surface area (Å²) in [5.74, 6) is 0. The van der Waals surface area contributed by atoms with Crippen molar-refractivity contribution in [3.63, 3.8) is 0 Å². The predicted octanol–water partition coefficient (Wildman–Crippen LogP) is -1.70. The fourth-order valence-corrected chi connectivity index (χ4v) is 3.06. The van der Waals surface area contributed by atoms with Gasteiger partial charge in [-0.15, -0.1) is 0 Å². The topological polar surface area (TPSA) is 84.2 Å². The molecule has 2 heterocycles. The van der Waals surface area contributed by atoms with Crippen molar-refractivity contribution in [1.29, 1.82) is 0 Å². The minimum Gasteiger partial charge on any atom is -0.395 e. The third-order valence-corrected chi connectivity index (χ3v) is 3.73. The Bertz CT molecular complexity index is 237. The highest BCUT2D eigenvalue weighted by Crippen LogP contribution is 2.35. The van der Waals surface area contributed by atoms with Crippen molar-refractivity contribution < 1.29 is 20.4 Å². The van der Waals surface area contributed by atoms with Crippen LogP contribution in [0.5, 0.6) is 0 Å². The van der Waals surface area contributed by atoms with Crippen LogP contribution in [0.25, 0.3) is 0 Å². The first-order valence-electron chi connectivity index (χ1n) is 5.48. The van der Waals surface area contributed by atoms with Crippen LogP contribution in [0.1, 0.15) is 19.8 Å². The van der Waals surface area contributed by atoms with Crippen molar-refractivity contribution >= 4 is 0 Å². The molecule has 0 saturated carbocycles. The zero-order chi connectivity index (χ0) is 11.2. The van der Waals surface area contributed by atoms with Crippen LogP contribution in [-0.2, 0) is 0 Å². The van der Waals surface area contributed by atoms with E-state index in [-0.39, 0.29) is 18.7 Å². The van der Waals surface area contributed by atoms with Gasteiger partial charge in [-0.1, -0.05) is 0 Å². The molecule has 0 aromatic carbocycles. The van der Waals surface area contributed by atoms with Gasteiger partial charge in [0.15, 0.2) is 0 Å². The Hall–Kier alpha value is -0.200. The molecule has 2 aliphatic heterocycles. The van der Waals surface area contributed by atoms with Crippen LogP contribution >= 0.6 is 0 Å². The smallest absolute Gasteiger partial charge is 0.0991 e. The Balaban J connectivity index is 2.21. The van der Waals surface area contributed by atoms with Crippen molar-refractivity contribution in [2.75, 3.05) is 6.61 Å². The van der Waals surface area contributed by atoms with E-state index in [1.807, 2.05) is 11.8 Å². The average molecular weight is 217 g/mol. The quantitative estimate of drug-likeness (QED) is 0.420. The van der Waals surface area contributed by atoms with Gasteiger partial charge in [0.2, 0.25) is 0 Å². The van der Waals surface area contributed by atoms with E-state index in [0.717, 1.165) is 0 Å². The van der Waals surface area contributed by atoms with Crippen LogP contribution in [-0.4, -0.2) is 68.4 Å². The molecule has 2 fully saturated rings. The van der Waals surface area contributed by atoms with E-state index in [9.17, 15) is 20.4 Å². The maximum atomic E-state index is 9.82. The largest absolute Gasteiger partial charge is 0.395 e. The minimum atomic E-state index is -0.909. The molecule has 0 spiro atoms. The molecule has 2 aliphatic rings. The number of hydrogen-bond donors (Lipinski definition) is 4. The fraction of sp³-hybridized carbons (Fsp3) is 1.00. The van der Waals surface area contributed by atoms with E-state index in [1.165, 1.54) is 0 Å².